The van der Waals surface area contributed by atoms with Crippen LogP contribution in [0.15, 0.2) is 11.8 Å². The maximum Gasteiger partial charge on any atom is 0.350 e. The molecule has 0 radical (unpaired) electrons. The molecule has 0 atom stereocenters. The second kappa shape index (κ2) is 4.39. The summed E-state index contributed by atoms with van der Waals surface area (Å²) in [5, 5.41) is 8.22. The first-order valence-electron chi connectivity index (χ1n) is 2.75. The molecule has 2 N–H and O–H groups in total. The fourth-order valence-corrected chi connectivity index (χ4v) is 0.360. The van der Waals surface area contributed by atoms with Gasteiger partial charge in [-0.25, -0.2) is 4.79 Å². The molecule has 0 fully saturated rings. The van der Waals surface area contributed by atoms with Crippen LogP contribution in [0, 0.1) is 11.3 Å². The smallest absolute Gasteiger partial charge is 0.350 e. The zero-order valence-electron chi connectivity index (χ0n) is 5.63. The number of carbonyl (C=O) groups is 1. The van der Waals surface area contributed by atoms with Crippen molar-refractivity contribution in [2.75, 3.05) is 6.61 Å². The van der Waals surface area contributed by atoms with Gasteiger partial charge in [0.1, 0.15) is 6.07 Å². The van der Waals surface area contributed by atoms with Crippen LogP contribution in [-0.4, -0.2) is 12.6 Å². The van der Waals surface area contributed by atoms with Crippen LogP contribution in [0.4, 0.5) is 0 Å². The SMILES string of the molecule is CCOC(=O)C(C#N)=CN. The molecule has 4 heteroatoms. The number of nitriles is 1. The molecule has 0 saturated heterocycles. The summed E-state index contributed by atoms with van der Waals surface area (Å²) in [6, 6.07) is 1.60. The molecule has 0 aromatic carbocycles. The van der Waals surface area contributed by atoms with Crippen LogP contribution in [-0.2, 0) is 9.53 Å². The molecule has 4 nitrogen and oxygen atoms in total. The highest BCUT2D eigenvalue weighted by Crippen LogP contribution is 1.92. The van der Waals surface area contributed by atoms with Gasteiger partial charge in [-0.15, -0.1) is 0 Å². The molecule has 0 aliphatic heterocycles. The molecule has 0 aliphatic carbocycles. The number of nitrogens with zero attached hydrogens (tertiary/aromatic N) is 1. The van der Waals surface area contributed by atoms with Gasteiger partial charge in [0.05, 0.1) is 6.61 Å². The summed E-state index contributed by atoms with van der Waals surface area (Å²) in [6.45, 7) is 1.90. The largest absolute Gasteiger partial charge is 0.462 e. The summed E-state index contributed by atoms with van der Waals surface area (Å²) in [5.41, 5.74) is 4.76. The molecule has 0 unspecified atom stereocenters. The Kier molecular flexibility index (Phi) is 3.73. The maximum atomic E-state index is 10.6. The summed E-state index contributed by atoms with van der Waals surface area (Å²) >= 11 is 0. The Morgan fingerprint density at radius 1 is 1.90 bits per heavy atom. The van der Waals surface area contributed by atoms with Crippen molar-refractivity contribution in [3.05, 3.63) is 11.8 Å². The molecule has 0 aromatic heterocycles. The van der Waals surface area contributed by atoms with Crippen LogP contribution in [0.25, 0.3) is 0 Å². The average molecular weight is 140 g/mol. The molecule has 54 valence electrons. The lowest BCUT2D eigenvalue weighted by Crippen LogP contribution is -2.07. The molecular weight excluding hydrogens is 132 g/mol. The van der Waals surface area contributed by atoms with Gasteiger partial charge < -0.3 is 10.5 Å². The van der Waals surface area contributed by atoms with Crippen LogP contribution in [0.1, 0.15) is 6.92 Å². The van der Waals surface area contributed by atoms with E-state index >= 15 is 0 Å². The highest BCUT2D eigenvalue weighted by molar-refractivity contribution is 5.92. The Balaban J connectivity index is 4.08. The van der Waals surface area contributed by atoms with Crippen LogP contribution in [0.2, 0.25) is 0 Å². The van der Waals surface area contributed by atoms with Crippen molar-refractivity contribution in [3.63, 3.8) is 0 Å². The van der Waals surface area contributed by atoms with E-state index in [9.17, 15) is 4.79 Å². The van der Waals surface area contributed by atoms with Crippen molar-refractivity contribution in [1.29, 1.82) is 5.26 Å². The first kappa shape index (κ1) is 8.50. The van der Waals surface area contributed by atoms with E-state index < -0.39 is 5.97 Å². The highest BCUT2D eigenvalue weighted by Gasteiger charge is 2.06. The van der Waals surface area contributed by atoms with Gasteiger partial charge in [-0.2, -0.15) is 5.26 Å². The molecule has 0 rings (SSSR count). The number of rotatable bonds is 2. The summed E-state index contributed by atoms with van der Waals surface area (Å²) < 4.78 is 4.48. The summed E-state index contributed by atoms with van der Waals surface area (Å²) in [6.07, 6.45) is 0.929. The zero-order valence-corrected chi connectivity index (χ0v) is 5.63. The van der Waals surface area contributed by atoms with Gasteiger partial charge in [-0.3, -0.25) is 0 Å². The fraction of sp³-hybridized carbons (Fsp3) is 0.333. The highest BCUT2D eigenvalue weighted by atomic mass is 16.5. The number of ether oxygens (including phenoxy) is 1. The van der Waals surface area contributed by atoms with Crippen molar-refractivity contribution in [3.8, 4) is 6.07 Å². The number of esters is 1. The second-order valence-corrected chi connectivity index (χ2v) is 1.41. The Bertz CT molecular complexity index is 190. The molecule has 0 amide bonds. The number of carbonyl (C=O) groups excluding carboxylic acids is 1. The van der Waals surface area contributed by atoms with Crippen molar-refractivity contribution in [1.82, 2.24) is 0 Å². The van der Waals surface area contributed by atoms with Gasteiger partial charge >= 0.3 is 5.97 Å². The zero-order chi connectivity index (χ0) is 7.98. The van der Waals surface area contributed by atoms with E-state index in [-0.39, 0.29) is 12.2 Å². The van der Waals surface area contributed by atoms with E-state index in [1.54, 1.807) is 13.0 Å². The average Bonchev–Trinajstić information content (AvgIpc) is 1.91. The standard InChI is InChI=1S/C6H8N2O2/c1-2-10-6(9)5(3-7)4-8/h3H,2,7H2,1H3. The molecule has 0 bridgehead atoms. The number of hydrogen-bond acceptors (Lipinski definition) is 4. The Morgan fingerprint density at radius 3 is 2.80 bits per heavy atom. The van der Waals surface area contributed by atoms with E-state index in [1.165, 1.54) is 0 Å². The first-order chi connectivity index (χ1) is 4.76. The first-order valence-corrected chi connectivity index (χ1v) is 2.75. The van der Waals surface area contributed by atoms with Crippen molar-refractivity contribution in [2.45, 2.75) is 6.92 Å². The van der Waals surface area contributed by atoms with Crippen LogP contribution in [0.3, 0.4) is 0 Å². The number of hydrogen-bond donors (Lipinski definition) is 1. The normalized spacial score (nSPS) is 10.2. The van der Waals surface area contributed by atoms with Gasteiger partial charge in [-0.1, -0.05) is 0 Å². The molecule has 0 saturated carbocycles. The van der Waals surface area contributed by atoms with Crippen molar-refractivity contribution >= 4 is 5.97 Å². The summed E-state index contributed by atoms with van der Waals surface area (Å²) in [4.78, 5) is 10.6. The van der Waals surface area contributed by atoms with Crippen molar-refractivity contribution < 1.29 is 9.53 Å². The lowest BCUT2D eigenvalue weighted by Gasteiger charge is -1.96. The van der Waals surface area contributed by atoms with E-state index in [1.807, 2.05) is 0 Å². The lowest BCUT2D eigenvalue weighted by molar-refractivity contribution is -0.138. The molecule has 0 spiro atoms. The molecular formula is C6H8N2O2. The van der Waals surface area contributed by atoms with E-state index in [0.29, 0.717) is 0 Å². The second-order valence-electron chi connectivity index (χ2n) is 1.41. The lowest BCUT2D eigenvalue weighted by atomic mass is 10.3. The van der Waals surface area contributed by atoms with E-state index in [2.05, 4.69) is 4.74 Å². The summed E-state index contributed by atoms with van der Waals surface area (Å²) in [5.74, 6) is -0.674. The third kappa shape index (κ3) is 2.18. The van der Waals surface area contributed by atoms with Gasteiger partial charge in [0, 0.05) is 6.20 Å². The molecule has 0 aliphatic rings. The summed E-state index contributed by atoms with van der Waals surface area (Å²) in [7, 11) is 0. The minimum Gasteiger partial charge on any atom is -0.462 e. The maximum absolute atomic E-state index is 10.6. The van der Waals surface area contributed by atoms with Gasteiger partial charge in [-0.05, 0) is 6.92 Å². The Hall–Kier alpha value is -1.50. The van der Waals surface area contributed by atoms with Crippen LogP contribution >= 0.6 is 0 Å². The Labute approximate surface area is 58.9 Å². The van der Waals surface area contributed by atoms with Gasteiger partial charge in [0.2, 0.25) is 0 Å². The van der Waals surface area contributed by atoms with Gasteiger partial charge in [0.25, 0.3) is 0 Å². The topological polar surface area (TPSA) is 76.1 Å². The third-order valence-corrected chi connectivity index (χ3v) is 0.782. The monoisotopic (exact) mass is 140 g/mol. The Morgan fingerprint density at radius 2 is 2.50 bits per heavy atom. The number of nitrogens with two attached hydrogens (primary N) is 1. The minimum absolute atomic E-state index is 0.165. The third-order valence-electron chi connectivity index (χ3n) is 0.782. The molecule has 10 heavy (non-hydrogen) atoms. The van der Waals surface area contributed by atoms with E-state index in [0.717, 1.165) is 6.20 Å². The van der Waals surface area contributed by atoms with Gasteiger partial charge in [0.15, 0.2) is 5.57 Å². The molecule has 0 heterocycles. The fourth-order valence-electron chi connectivity index (χ4n) is 0.360. The van der Waals surface area contributed by atoms with Crippen LogP contribution in [0.5, 0.6) is 0 Å². The van der Waals surface area contributed by atoms with E-state index in [4.69, 9.17) is 11.0 Å². The predicted molar refractivity (Wildman–Crippen MR) is 34.5 cm³/mol. The van der Waals surface area contributed by atoms with Crippen LogP contribution < -0.4 is 5.73 Å². The minimum atomic E-state index is -0.674. The molecule has 0 aromatic rings. The van der Waals surface area contributed by atoms with Crippen molar-refractivity contribution in [2.24, 2.45) is 5.73 Å². The predicted octanol–water partition coefficient (Wildman–Crippen LogP) is -0.0843. The quantitative estimate of drug-likeness (QED) is 0.330.